The van der Waals surface area contributed by atoms with Gasteiger partial charge in [0.1, 0.15) is 0 Å². The molecule has 2 aromatic carbocycles. The highest BCUT2D eigenvalue weighted by atomic mass is 35.5. The van der Waals surface area contributed by atoms with E-state index in [2.05, 4.69) is 20.4 Å². The number of nitrogens with one attached hydrogen (secondary N) is 1. The average Bonchev–Trinajstić information content (AvgIpc) is 3.46. The minimum atomic E-state index is -1.63. The van der Waals surface area contributed by atoms with Crippen molar-refractivity contribution in [1.82, 2.24) is 28.9 Å². The van der Waals surface area contributed by atoms with E-state index in [0.717, 1.165) is 26.7 Å². The van der Waals surface area contributed by atoms with Crippen molar-refractivity contribution >= 4 is 45.5 Å². The molecule has 0 saturated carbocycles. The van der Waals surface area contributed by atoms with Crippen molar-refractivity contribution in [3.8, 4) is 0 Å². The van der Waals surface area contributed by atoms with Crippen molar-refractivity contribution in [3.63, 3.8) is 0 Å². The van der Waals surface area contributed by atoms with Gasteiger partial charge in [0.25, 0.3) is 0 Å². The average molecular weight is 534 g/mol. The highest BCUT2D eigenvalue weighted by Crippen LogP contribution is 2.29. The molecule has 0 radical (unpaired) electrons. The molecule has 36 heavy (non-hydrogen) atoms. The Bertz CT molecular complexity index is 1710. The summed E-state index contributed by atoms with van der Waals surface area (Å²) >= 11 is 7.66. The number of thiazole rings is 1. The maximum absolute atomic E-state index is 13.9. The molecule has 5 rings (SSSR count). The molecular formula is C22H15ClF3N7O2S. The molecule has 0 aliphatic rings. The largest absolute Gasteiger partial charge is 0.355 e. The maximum atomic E-state index is 13.9. The van der Waals surface area contributed by atoms with Crippen molar-refractivity contribution in [2.45, 2.75) is 13.1 Å². The van der Waals surface area contributed by atoms with Crippen molar-refractivity contribution < 1.29 is 13.2 Å². The third-order valence-electron chi connectivity index (χ3n) is 5.29. The lowest BCUT2D eigenvalue weighted by Crippen LogP contribution is -2.43. The summed E-state index contributed by atoms with van der Waals surface area (Å²) in [6.07, 6.45) is 1.74. The van der Waals surface area contributed by atoms with Crippen molar-refractivity contribution in [1.29, 1.82) is 0 Å². The number of aromatic nitrogens is 6. The number of rotatable bonds is 6. The monoisotopic (exact) mass is 533 g/mol. The molecule has 0 saturated heterocycles. The van der Waals surface area contributed by atoms with Gasteiger partial charge in [0.2, 0.25) is 5.95 Å². The van der Waals surface area contributed by atoms with Crippen LogP contribution in [0.5, 0.6) is 0 Å². The van der Waals surface area contributed by atoms with Crippen LogP contribution >= 0.6 is 22.9 Å². The second-order valence-electron chi connectivity index (χ2n) is 7.84. The summed E-state index contributed by atoms with van der Waals surface area (Å²) in [5.41, 5.74) is 1.17. The second kappa shape index (κ2) is 9.24. The molecule has 14 heteroatoms. The third-order valence-corrected chi connectivity index (χ3v) is 6.24. The van der Waals surface area contributed by atoms with Gasteiger partial charge in [-0.15, -0.1) is 11.3 Å². The van der Waals surface area contributed by atoms with E-state index >= 15 is 0 Å². The Morgan fingerprint density at radius 1 is 1.06 bits per heavy atom. The zero-order valence-corrected chi connectivity index (χ0v) is 19.9. The van der Waals surface area contributed by atoms with E-state index in [1.807, 2.05) is 0 Å². The first kappa shape index (κ1) is 23.8. The fourth-order valence-corrected chi connectivity index (χ4v) is 4.40. The molecule has 0 spiro atoms. The van der Waals surface area contributed by atoms with Gasteiger partial charge in [-0.25, -0.2) is 32.3 Å². The van der Waals surface area contributed by atoms with Crippen molar-refractivity contribution in [3.05, 3.63) is 96.1 Å². The lowest BCUT2D eigenvalue weighted by molar-refractivity contribution is 0.444. The number of anilines is 2. The highest BCUT2D eigenvalue weighted by Gasteiger charge is 2.18. The van der Waals surface area contributed by atoms with E-state index < -0.39 is 35.4 Å². The predicted molar refractivity (Wildman–Crippen MR) is 128 cm³/mol. The quantitative estimate of drug-likeness (QED) is 0.334. The number of hydrogen-bond acceptors (Lipinski definition) is 7. The second-order valence-corrected chi connectivity index (χ2v) is 8.97. The van der Waals surface area contributed by atoms with Gasteiger partial charge >= 0.3 is 11.4 Å². The fourth-order valence-electron chi connectivity index (χ4n) is 3.65. The fraction of sp³-hybridized carbons (Fsp3) is 0.136. The Balaban J connectivity index is 1.64. The first-order chi connectivity index (χ1) is 17.2. The molecule has 0 amide bonds. The van der Waals surface area contributed by atoms with Crippen molar-refractivity contribution in [2.75, 3.05) is 5.32 Å². The van der Waals surface area contributed by atoms with E-state index in [0.29, 0.717) is 16.9 Å². The van der Waals surface area contributed by atoms with E-state index in [4.69, 9.17) is 11.6 Å². The summed E-state index contributed by atoms with van der Waals surface area (Å²) in [5.74, 6) is -4.69. The number of hydrogen-bond donors (Lipinski definition) is 1. The van der Waals surface area contributed by atoms with E-state index in [1.54, 1.807) is 40.9 Å². The summed E-state index contributed by atoms with van der Waals surface area (Å²) in [6, 6.07) is 4.77. The topological polar surface area (TPSA) is 99.6 Å². The van der Waals surface area contributed by atoms with Crippen LogP contribution in [0.1, 0.15) is 11.3 Å². The highest BCUT2D eigenvalue weighted by molar-refractivity contribution is 7.07. The van der Waals surface area contributed by atoms with Gasteiger partial charge in [-0.05, 0) is 29.8 Å². The molecule has 0 unspecified atom stereocenters. The Kier molecular flexibility index (Phi) is 6.10. The van der Waals surface area contributed by atoms with E-state index in [9.17, 15) is 22.8 Å². The molecule has 0 atom stereocenters. The van der Waals surface area contributed by atoms with Crippen LogP contribution in [0.4, 0.5) is 24.8 Å². The zero-order chi connectivity index (χ0) is 25.6. The molecule has 0 aliphatic heterocycles. The van der Waals surface area contributed by atoms with Crippen LogP contribution in [0.3, 0.4) is 0 Å². The van der Waals surface area contributed by atoms with Gasteiger partial charge in [0.05, 0.1) is 40.5 Å². The molecule has 0 fully saturated rings. The Labute approximate surface area is 209 Å². The summed E-state index contributed by atoms with van der Waals surface area (Å²) in [5, 5.41) is 9.75. The van der Waals surface area contributed by atoms with Crippen LogP contribution in [0, 0.1) is 17.5 Å². The standard InChI is InChI=1S/C22H15ClF3N7O2S/c1-31-7-12-4-18(14(23)5-17(12)30-31)28-20-29-21(34)33(8-13-9-36-10-27-13)22(35)32(20)6-11-2-15(24)19(26)16(25)3-11/h2-5,7,9-10H,6,8H2,1H3,(H,28,29,34). The number of benzene rings is 2. The zero-order valence-electron chi connectivity index (χ0n) is 18.4. The molecule has 5 aromatic rings. The summed E-state index contributed by atoms with van der Waals surface area (Å²) in [7, 11) is 1.74. The number of fused-ring (bicyclic) bond motifs is 1. The number of halogens is 4. The molecule has 184 valence electrons. The minimum Gasteiger partial charge on any atom is -0.324 e. The molecule has 3 heterocycles. The maximum Gasteiger partial charge on any atom is 0.355 e. The SMILES string of the molecule is Cn1cc2cc(Nc3nc(=O)n(Cc4cscn4)c(=O)n3Cc3cc(F)c(F)c(F)c3)c(Cl)cc2n1. The molecule has 3 aromatic heterocycles. The van der Waals surface area contributed by atoms with Gasteiger partial charge in [-0.3, -0.25) is 9.25 Å². The lowest BCUT2D eigenvalue weighted by Gasteiger charge is -2.16. The Hall–Kier alpha value is -3.97. The molecule has 1 N–H and O–H groups in total. The molecular weight excluding hydrogens is 519 g/mol. The van der Waals surface area contributed by atoms with Crippen LogP contribution in [0.25, 0.3) is 10.9 Å². The predicted octanol–water partition coefficient (Wildman–Crippen LogP) is 3.66. The summed E-state index contributed by atoms with van der Waals surface area (Å²) < 4.78 is 44.7. The molecule has 9 nitrogen and oxygen atoms in total. The Morgan fingerprint density at radius 2 is 1.81 bits per heavy atom. The first-order valence-electron chi connectivity index (χ1n) is 10.3. The van der Waals surface area contributed by atoms with Gasteiger partial charge in [0.15, 0.2) is 17.5 Å². The number of nitrogens with zero attached hydrogens (tertiary/aromatic N) is 6. The van der Waals surface area contributed by atoms with Crippen LogP contribution in [0.15, 0.2) is 50.9 Å². The molecule has 0 bridgehead atoms. The Morgan fingerprint density at radius 3 is 2.50 bits per heavy atom. The van der Waals surface area contributed by atoms with Crippen LogP contribution in [-0.2, 0) is 20.1 Å². The van der Waals surface area contributed by atoms with Crippen molar-refractivity contribution in [2.24, 2.45) is 7.05 Å². The van der Waals surface area contributed by atoms with E-state index in [-0.39, 0.29) is 23.1 Å². The van der Waals surface area contributed by atoms with Gasteiger partial charge < -0.3 is 5.32 Å². The third kappa shape index (κ3) is 4.50. The van der Waals surface area contributed by atoms with Gasteiger partial charge in [0, 0.05) is 24.0 Å². The van der Waals surface area contributed by atoms with Gasteiger partial charge in [-0.2, -0.15) is 10.1 Å². The smallest absolute Gasteiger partial charge is 0.324 e. The molecule has 0 aliphatic carbocycles. The number of aryl methyl sites for hydroxylation is 1. The van der Waals surface area contributed by atoms with Gasteiger partial charge in [-0.1, -0.05) is 11.6 Å². The summed E-state index contributed by atoms with van der Waals surface area (Å²) in [6.45, 7) is -0.588. The van der Waals surface area contributed by atoms with Crippen LogP contribution in [-0.4, -0.2) is 28.9 Å². The summed E-state index contributed by atoms with van der Waals surface area (Å²) in [4.78, 5) is 34.2. The van der Waals surface area contributed by atoms with Crippen LogP contribution < -0.4 is 16.7 Å². The minimum absolute atomic E-state index is 0.0639. The van der Waals surface area contributed by atoms with Crippen LogP contribution in [0.2, 0.25) is 5.02 Å². The van der Waals surface area contributed by atoms with E-state index in [1.165, 1.54) is 11.3 Å². The first-order valence-corrected chi connectivity index (χ1v) is 11.6. The normalized spacial score (nSPS) is 11.4. The lowest BCUT2D eigenvalue weighted by atomic mass is 10.2.